The fourth-order valence-corrected chi connectivity index (χ4v) is 1.90. The molecule has 128 valence electrons. The lowest BCUT2D eigenvalue weighted by molar-refractivity contribution is 0.637. The van der Waals surface area contributed by atoms with Gasteiger partial charge in [-0.25, -0.2) is 0 Å². The SMILES string of the molecule is C=C.CCCCCNCNc1ccc(C)cc1NCC.CN. The highest BCUT2D eigenvalue weighted by atomic mass is 15.1. The highest BCUT2D eigenvalue weighted by molar-refractivity contribution is 5.69. The molecular formula is C18H36N4. The average Bonchev–Trinajstić information content (AvgIpc) is 2.56. The van der Waals surface area contributed by atoms with Crippen LogP contribution < -0.4 is 21.7 Å². The summed E-state index contributed by atoms with van der Waals surface area (Å²) in [5.41, 5.74) is 8.14. The van der Waals surface area contributed by atoms with Gasteiger partial charge in [0.2, 0.25) is 0 Å². The molecule has 0 amide bonds. The summed E-state index contributed by atoms with van der Waals surface area (Å²) in [5.74, 6) is 0. The number of nitrogens with two attached hydrogens (primary N) is 1. The number of benzene rings is 1. The molecule has 0 saturated carbocycles. The van der Waals surface area contributed by atoms with Crippen molar-refractivity contribution in [2.75, 3.05) is 37.4 Å². The van der Waals surface area contributed by atoms with Crippen LogP contribution in [0.2, 0.25) is 0 Å². The third-order valence-electron chi connectivity index (χ3n) is 2.90. The molecule has 0 aromatic heterocycles. The lowest BCUT2D eigenvalue weighted by Crippen LogP contribution is -2.23. The number of anilines is 2. The van der Waals surface area contributed by atoms with Crippen molar-refractivity contribution >= 4 is 11.4 Å². The van der Waals surface area contributed by atoms with Crippen LogP contribution in [0.1, 0.15) is 38.7 Å². The lowest BCUT2D eigenvalue weighted by Gasteiger charge is -2.14. The molecule has 1 aromatic rings. The van der Waals surface area contributed by atoms with E-state index in [1.54, 1.807) is 0 Å². The maximum atomic E-state index is 4.50. The van der Waals surface area contributed by atoms with Crippen LogP contribution in [-0.4, -0.2) is 26.8 Å². The van der Waals surface area contributed by atoms with Crippen molar-refractivity contribution in [3.8, 4) is 0 Å². The van der Waals surface area contributed by atoms with Crippen molar-refractivity contribution in [3.05, 3.63) is 36.9 Å². The second kappa shape index (κ2) is 17.5. The lowest BCUT2D eigenvalue weighted by atomic mass is 10.2. The van der Waals surface area contributed by atoms with Crippen molar-refractivity contribution in [3.63, 3.8) is 0 Å². The highest BCUT2D eigenvalue weighted by Gasteiger charge is 2.00. The number of nitrogens with one attached hydrogen (secondary N) is 3. The summed E-state index contributed by atoms with van der Waals surface area (Å²) in [5, 5.41) is 10.2. The Balaban J connectivity index is 0. The van der Waals surface area contributed by atoms with Crippen molar-refractivity contribution in [1.29, 1.82) is 0 Å². The van der Waals surface area contributed by atoms with Crippen LogP contribution in [0, 0.1) is 6.92 Å². The van der Waals surface area contributed by atoms with Gasteiger partial charge in [0, 0.05) is 6.54 Å². The molecule has 0 aliphatic rings. The molecule has 0 atom stereocenters. The molecule has 1 aromatic carbocycles. The standard InChI is InChI=1S/C15H27N3.C2H4.CH5N/c1-4-6-7-10-16-12-18-14-9-8-13(3)11-15(14)17-5-2;2*1-2/h8-9,11,16-18H,4-7,10,12H2,1-3H3;1-2H2;2H2,1H3. The smallest absolute Gasteiger partial charge is 0.0653 e. The summed E-state index contributed by atoms with van der Waals surface area (Å²) >= 11 is 0. The summed E-state index contributed by atoms with van der Waals surface area (Å²) in [6.07, 6.45) is 3.84. The predicted octanol–water partition coefficient (Wildman–Crippen LogP) is 3.95. The molecule has 5 N–H and O–H groups in total. The fraction of sp³-hybridized carbons (Fsp3) is 0.556. The Kier molecular flexibility index (Phi) is 18.1. The summed E-state index contributed by atoms with van der Waals surface area (Å²) in [6, 6.07) is 6.46. The molecule has 0 fully saturated rings. The molecule has 4 nitrogen and oxygen atoms in total. The second-order valence-corrected chi connectivity index (χ2v) is 4.64. The van der Waals surface area contributed by atoms with Crippen molar-refractivity contribution in [1.82, 2.24) is 5.32 Å². The van der Waals surface area contributed by atoms with Crippen LogP contribution in [0.25, 0.3) is 0 Å². The topological polar surface area (TPSA) is 62.1 Å². The first-order chi connectivity index (χ1) is 10.8. The van der Waals surface area contributed by atoms with Crippen LogP contribution in [0.15, 0.2) is 31.4 Å². The van der Waals surface area contributed by atoms with E-state index >= 15 is 0 Å². The van der Waals surface area contributed by atoms with Gasteiger partial charge in [-0.05, 0) is 51.6 Å². The summed E-state index contributed by atoms with van der Waals surface area (Å²) < 4.78 is 0. The van der Waals surface area contributed by atoms with Crippen LogP contribution in [0.4, 0.5) is 11.4 Å². The number of unbranched alkanes of at least 4 members (excludes halogenated alkanes) is 2. The zero-order valence-electron chi connectivity index (χ0n) is 15.0. The number of hydrogen-bond acceptors (Lipinski definition) is 4. The van der Waals surface area contributed by atoms with E-state index in [0.717, 1.165) is 19.8 Å². The third-order valence-corrected chi connectivity index (χ3v) is 2.90. The van der Waals surface area contributed by atoms with Gasteiger partial charge in [-0.15, -0.1) is 13.2 Å². The minimum atomic E-state index is 0.825. The third kappa shape index (κ3) is 11.2. The summed E-state index contributed by atoms with van der Waals surface area (Å²) in [6.45, 7) is 15.3. The zero-order valence-corrected chi connectivity index (χ0v) is 15.0. The molecule has 0 aliphatic heterocycles. The van der Waals surface area contributed by atoms with E-state index in [9.17, 15) is 0 Å². The first-order valence-corrected chi connectivity index (χ1v) is 8.14. The summed E-state index contributed by atoms with van der Waals surface area (Å²) in [4.78, 5) is 0. The molecule has 1 rings (SSSR count). The van der Waals surface area contributed by atoms with E-state index in [2.05, 4.69) is 73.8 Å². The maximum absolute atomic E-state index is 4.50. The first kappa shape index (κ1) is 22.8. The Bertz CT molecular complexity index is 353. The molecule has 0 bridgehead atoms. The Morgan fingerprint density at radius 1 is 1.00 bits per heavy atom. The van der Waals surface area contributed by atoms with Gasteiger partial charge in [0.15, 0.2) is 0 Å². The van der Waals surface area contributed by atoms with E-state index < -0.39 is 0 Å². The van der Waals surface area contributed by atoms with Crippen molar-refractivity contribution < 1.29 is 0 Å². The van der Waals surface area contributed by atoms with Gasteiger partial charge in [-0.1, -0.05) is 25.8 Å². The highest BCUT2D eigenvalue weighted by Crippen LogP contribution is 2.22. The average molecular weight is 309 g/mol. The molecule has 0 aliphatic carbocycles. The van der Waals surface area contributed by atoms with Gasteiger partial charge < -0.3 is 21.7 Å². The predicted molar refractivity (Wildman–Crippen MR) is 103 cm³/mol. The number of rotatable bonds is 9. The number of hydrogen-bond donors (Lipinski definition) is 4. The molecule has 0 heterocycles. The monoisotopic (exact) mass is 308 g/mol. The van der Waals surface area contributed by atoms with Gasteiger partial charge in [0.05, 0.1) is 18.0 Å². The minimum absolute atomic E-state index is 0.825. The Morgan fingerprint density at radius 3 is 2.27 bits per heavy atom. The number of aryl methyl sites for hydroxylation is 1. The Hall–Kier alpha value is -1.52. The van der Waals surface area contributed by atoms with E-state index in [0.29, 0.717) is 0 Å². The van der Waals surface area contributed by atoms with Crippen LogP contribution in [0.5, 0.6) is 0 Å². The van der Waals surface area contributed by atoms with E-state index in [4.69, 9.17) is 0 Å². The quantitative estimate of drug-likeness (QED) is 0.317. The maximum Gasteiger partial charge on any atom is 0.0653 e. The van der Waals surface area contributed by atoms with E-state index in [-0.39, 0.29) is 0 Å². The normalized spacial score (nSPS) is 8.95. The van der Waals surface area contributed by atoms with E-state index in [1.807, 2.05) is 0 Å². The largest absolute Gasteiger partial charge is 0.384 e. The second-order valence-electron chi connectivity index (χ2n) is 4.64. The Morgan fingerprint density at radius 2 is 1.68 bits per heavy atom. The Labute approximate surface area is 137 Å². The molecular weight excluding hydrogens is 272 g/mol. The molecule has 0 unspecified atom stereocenters. The van der Waals surface area contributed by atoms with Crippen molar-refractivity contribution in [2.24, 2.45) is 5.73 Å². The molecule has 22 heavy (non-hydrogen) atoms. The summed E-state index contributed by atoms with van der Waals surface area (Å²) in [7, 11) is 1.50. The van der Waals surface area contributed by atoms with Gasteiger partial charge >= 0.3 is 0 Å². The van der Waals surface area contributed by atoms with Gasteiger partial charge in [0.25, 0.3) is 0 Å². The molecule has 0 spiro atoms. The van der Waals surface area contributed by atoms with Gasteiger partial charge in [-0.2, -0.15) is 0 Å². The molecule has 0 saturated heterocycles. The van der Waals surface area contributed by atoms with Gasteiger partial charge in [0.1, 0.15) is 0 Å². The van der Waals surface area contributed by atoms with E-state index in [1.165, 1.54) is 43.2 Å². The molecule has 0 radical (unpaired) electrons. The van der Waals surface area contributed by atoms with Crippen LogP contribution >= 0.6 is 0 Å². The minimum Gasteiger partial charge on any atom is -0.384 e. The molecule has 4 heteroatoms. The fourth-order valence-electron chi connectivity index (χ4n) is 1.90. The van der Waals surface area contributed by atoms with Crippen LogP contribution in [0.3, 0.4) is 0 Å². The zero-order chi connectivity index (χ0) is 17.2. The van der Waals surface area contributed by atoms with Gasteiger partial charge in [-0.3, -0.25) is 0 Å². The first-order valence-electron chi connectivity index (χ1n) is 8.14. The van der Waals surface area contributed by atoms with Crippen molar-refractivity contribution in [2.45, 2.75) is 40.0 Å². The van der Waals surface area contributed by atoms with Crippen LogP contribution in [-0.2, 0) is 0 Å².